The highest BCUT2D eigenvalue weighted by molar-refractivity contribution is 7.25. The van der Waals surface area contributed by atoms with E-state index in [1.807, 2.05) is 17.4 Å². The van der Waals surface area contributed by atoms with Crippen LogP contribution < -0.4 is 0 Å². The summed E-state index contributed by atoms with van der Waals surface area (Å²) in [7, 11) is 0. The fourth-order valence-electron chi connectivity index (χ4n) is 9.92. The second-order valence-corrected chi connectivity index (χ2v) is 17.5. The van der Waals surface area contributed by atoms with Crippen LogP contribution in [0.15, 0.2) is 194 Å². The van der Waals surface area contributed by atoms with Gasteiger partial charge in [-0.05, 0) is 84.3 Å². The fraction of sp³-hybridized carbons (Fsp3) is 0.0526. The lowest BCUT2D eigenvalue weighted by Crippen LogP contribution is -2.15. The molecule has 12 rings (SSSR count). The van der Waals surface area contributed by atoms with E-state index in [-0.39, 0.29) is 5.41 Å². The van der Waals surface area contributed by atoms with E-state index in [1.165, 1.54) is 80.8 Å². The van der Waals surface area contributed by atoms with Crippen molar-refractivity contribution in [1.82, 2.24) is 9.97 Å². The number of hydrogen-bond acceptors (Lipinski definition) is 3. The number of aromatic nitrogens is 2. The molecule has 0 spiro atoms. The Labute approximate surface area is 353 Å². The van der Waals surface area contributed by atoms with Crippen molar-refractivity contribution in [3.63, 3.8) is 0 Å². The smallest absolute Gasteiger partial charge is 0.160 e. The van der Waals surface area contributed by atoms with Gasteiger partial charge in [-0.3, -0.25) is 0 Å². The maximum atomic E-state index is 5.29. The van der Waals surface area contributed by atoms with Crippen LogP contribution in [0.4, 0.5) is 0 Å². The SMILES string of the molecule is CC1(C)c2cccc(-c3ccc(-c4ccc(-c5cc(-c6cccc7sc8ccccc8c67)nc(-c6ccccc6)n5)c5ccccc45)cc3)c2-c2ccc3ccccc3c21. The zero-order valence-electron chi connectivity index (χ0n) is 33.3. The van der Waals surface area contributed by atoms with Gasteiger partial charge in [-0.1, -0.05) is 190 Å². The van der Waals surface area contributed by atoms with Gasteiger partial charge in [0.1, 0.15) is 0 Å². The molecule has 60 heavy (non-hydrogen) atoms. The van der Waals surface area contributed by atoms with E-state index in [9.17, 15) is 0 Å². The van der Waals surface area contributed by atoms with E-state index in [1.54, 1.807) is 0 Å². The molecule has 0 saturated carbocycles. The molecule has 0 N–H and O–H groups in total. The predicted molar refractivity (Wildman–Crippen MR) is 255 cm³/mol. The molecule has 0 saturated heterocycles. The topological polar surface area (TPSA) is 25.8 Å². The molecule has 2 heterocycles. The van der Waals surface area contributed by atoms with Crippen molar-refractivity contribution in [2.24, 2.45) is 0 Å². The van der Waals surface area contributed by atoms with Gasteiger partial charge in [-0.25, -0.2) is 9.97 Å². The van der Waals surface area contributed by atoms with Gasteiger partial charge in [-0.2, -0.15) is 0 Å². The molecule has 282 valence electrons. The molecule has 0 radical (unpaired) electrons. The van der Waals surface area contributed by atoms with Crippen LogP contribution in [0.25, 0.3) is 109 Å². The van der Waals surface area contributed by atoms with Crippen LogP contribution in [-0.2, 0) is 5.41 Å². The molecule has 1 aliphatic rings. The van der Waals surface area contributed by atoms with Crippen molar-refractivity contribution < 1.29 is 0 Å². The zero-order chi connectivity index (χ0) is 40.0. The number of rotatable bonds is 5. The minimum absolute atomic E-state index is 0.0972. The molecular formula is C57H38N2S. The molecule has 2 nitrogen and oxygen atoms in total. The number of thiophene rings is 1. The highest BCUT2D eigenvalue weighted by Gasteiger charge is 2.38. The van der Waals surface area contributed by atoms with Crippen molar-refractivity contribution in [2.45, 2.75) is 19.3 Å². The molecule has 9 aromatic carbocycles. The van der Waals surface area contributed by atoms with Gasteiger partial charge in [0.05, 0.1) is 11.4 Å². The zero-order valence-corrected chi connectivity index (χ0v) is 34.1. The van der Waals surface area contributed by atoms with Crippen LogP contribution in [0.2, 0.25) is 0 Å². The van der Waals surface area contributed by atoms with Crippen molar-refractivity contribution in [3.8, 4) is 67.3 Å². The molecular weight excluding hydrogens is 745 g/mol. The maximum Gasteiger partial charge on any atom is 0.160 e. The summed E-state index contributed by atoms with van der Waals surface area (Å²) in [5.74, 6) is 0.718. The van der Waals surface area contributed by atoms with Crippen molar-refractivity contribution in [3.05, 3.63) is 205 Å². The Morgan fingerprint density at radius 1 is 0.400 bits per heavy atom. The molecule has 0 unspecified atom stereocenters. The number of nitrogens with zero attached hydrogens (tertiary/aromatic N) is 2. The van der Waals surface area contributed by atoms with Gasteiger partial charge in [0.15, 0.2) is 5.82 Å². The van der Waals surface area contributed by atoms with E-state index < -0.39 is 0 Å². The third-order valence-electron chi connectivity index (χ3n) is 12.7. The first-order valence-electron chi connectivity index (χ1n) is 20.7. The monoisotopic (exact) mass is 782 g/mol. The van der Waals surface area contributed by atoms with Crippen molar-refractivity contribution >= 4 is 53.1 Å². The Morgan fingerprint density at radius 2 is 0.983 bits per heavy atom. The summed E-state index contributed by atoms with van der Waals surface area (Å²) in [6, 6.07) is 70.5. The standard InChI is InChI=1S/C57H38N2S/c1-57(2)48-23-12-21-40(53(48)47-31-30-35-14-6-7-17-41(35)55(47)57)37-28-26-36(27-29-37)39-32-33-44(43-19-9-8-18-42(39)43)49-34-50(59-56(58-49)38-15-4-3-5-16-38)45-22-13-25-52-54(45)46-20-10-11-24-51(46)60-52/h3-34H,1-2H3. The largest absolute Gasteiger partial charge is 0.228 e. The Morgan fingerprint density at radius 3 is 1.78 bits per heavy atom. The molecule has 2 aromatic heterocycles. The summed E-state index contributed by atoms with van der Waals surface area (Å²) in [5.41, 5.74) is 15.3. The molecule has 0 bridgehead atoms. The number of fused-ring (bicyclic) bond motifs is 9. The first-order chi connectivity index (χ1) is 29.5. The Kier molecular flexibility index (Phi) is 7.79. The summed E-state index contributed by atoms with van der Waals surface area (Å²) < 4.78 is 2.54. The first kappa shape index (κ1) is 34.8. The van der Waals surface area contributed by atoms with Crippen LogP contribution in [0.5, 0.6) is 0 Å². The van der Waals surface area contributed by atoms with Crippen LogP contribution in [0, 0.1) is 0 Å². The van der Waals surface area contributed by atoms with Gasteiger partial charge in [-0.15, -0.1) is 11.3 Å². The highest BCUT2D eigenvalue weighted by atomic mass is 32.1. The van der Waals surface area contributed by atoms with Gasteiger partial charge in [0.2, 0.25) is 0 Å². The highest BCUT2D eigenvalue weighted by Crippen LogP contribution is 2.54. The summed E-state index contributed by atoms with van der Waals surface area (Å²) in [4.78, 5) is 10.6. The number of hydrogen-bond donors (Lipinski definition) is 0. The fourth-order valence-corrected chi connectivity index (χ4v) is 11.1. The molecule has 0 amide bonds. The molecule has 0 fully saturated rings. The van der Waals surface area contributed by atoms with Gasteiger partial charge in [0, 0.05) is 42.3 Å². The number of benzene rings is 9. The minimum atomic E-state index is -0.0972. The van der Waals surface area contributed by atoms with E-state index in [4.69, 9.17) is 9.97 Å². The Bertz CT molecular complexity index is 3500. The van der Waals surface area contributed by atoms with Gasteiger partial charge in [0.25, 0.3) is 0 Å². The predicted octanol–water partition coefficient (Wildman–Crippen LogP) is 15.8. The Balaban J connectivity index is 0.980. The van der Waals surface area contributed by atoms with Gasteiger partial charge >= 0.3 is 0 Å². The van der Waals surface area contributed by atoms with E-state index in [0.717, 1.165) is 39.3 Å². The van der Waals surface area contributed by atoms with E-state index in [2.05, 4.69) is 202 Å². The van der Waals surface area contributed by atoms with Crippen LogP contribution in [0.3, 0.4) is 0 Å². The third-order valence-corrected chi connectivity index (χ3v) is 13.8. The van der Waals surface area contributed by atoms with E-state index >= 15 is 0 Å². The maximum absolute atomic E-state index is 5.29. The molecule has 0 atom stereocenters. The average Bonchev–Trinajstić information content (AvgIpc) is 3.81. The second kappa shape index (κ2) is 13.4. The normalized spacial score (nSPS) is 13.0. The van der Waals surface area contributed by atoms with Gasteiger partial charge < -0.3 is 0 Å². The lowest BCUT2D eigenvalue weighted by atomic mass is 9.80. The minimum Gasteiger partial charge on any atom is -0.228 e. The van der Waals surface area contributed by atoms with E-state index in [0.29, 0.717) is 0 Å². The van der Waals surface area contributed by atoms with Crippen LogP contribution >= 0.6 is 11.3 Å². The molecule has 0 aliphatic heterocycles. The average molecular weight is 783 g/mol. The second-order valence-electron chi connectivity index (χ2n) is 16.5. The lowest BCUT2D eigenvalue weighted by molar-refractivity contribution is 0.666. The first-order valence-corrected chi connectivity index (χ1v) is 21.5. The van der Waals surface area contributed by atoms with Crippen molar-refractivity contribution in [1.29, 1.82) is 0 Å². The van der Waals surface area contributed by atoms with Crippen LogP contribution in [0.1, 0.15) is 25.0 Å². The molecule has 1 aliphatic carbocycles. The van der Waals surface area contributed by atoms with Crippen molar-refractivity contribution in [2.75, 3.05) is 0 Å². The summed E-state index contributed by atoms with van der Waals surface area (Å²) in [6.07, 6.45) is 0. The Hall–Kier alpha value is -7.20. The lowest BCUT2D eigenvalue weighted by Gasteiger charge is -2.23. The summed E-state index contributed by atoms with van der Waals surface area (Å²) in [6.45, 7) is 4.75. The summed E-state index contributed by atoms with van der Waals surface area (Å²) in [5, 5.41) is 7.49. The molecule has 11 aromatic rings. The molecule has 3 heteroatoms. The summed E-state index contributed by atoms with van der Waals surface area (Å²) >= 11 is 1.83. The third kappa shape index (κ3) is 5.33. The quantitative estimate of drug-likeness (QED) is 0.174. The van der Waals surface area contributed by atoms with Crippen LogP contribution in [-0.4, -0.2) is 9.97 Å².